The molecule has 8 aromatic rings. The molecule has 0 bridgehead atoms. The molecule has 204 valence electrons. The van der Waals surface area contributed by atoms with E-state index in [1.165, 1.54) is 6.21 Å². The largest absolute Gasteiger partial charge is 0.308 e. The van der Waals surface area contributed by atoms with E-state index in [9.17, 15) is 10.5 Å². The molecule has 1 N–H and O–H groups in total. The van der Waals surface area contributed by atoms with E-state index in [1.54, 1.807) is 0 Å². The van der Waals surface area contributed by atoms with E-state index in [2.05, 4.69) is 45.5 Å². The minimum atomic E-state index is 0.349. The monoisotopic (exact) mass is 561 g/mol. The molecule has 0 aliphatic rings. The summed E-state index contributed by atoms with van der Waals surface area (Å²) in [6.07, 6.45) is 1.30. The highest BCUT2D eigenvalue weighted by molar-refractivity contribution is 6.13. The first-order valence-electron chi connectivity index (χ1n) is 14.3. The number of nitrogens with one attached hydrogen (secondary N) is 1. The van der Waals surface area contributed by atoms with Crippen LogP contribution in [0, 0.1) is 28.1 Å². The predicted octanol–water partition coefficient (Wildman–Crippen LogP) is 9.29. The minimum Gasteiger partial charge on any atom is -0.308 e. The summed E-state index contributed by atoms with van der Waals surface area (Å²) in [7, 11) is 0. The third kappa shape index (κ3) is 3.41. The Bertz CT molecular complexity index is 2280. The maximum Gasteiger partial charge on any atom is 0.102 e. The molecule has 5 heteroatoms. The number of para-hydroxylation sites is 4. The van der Waals surface area contributed by atoms with Gasteiger partial charge >= 0.3 is 0 Å². The molecule has 0 atom stereocenters. The Labute approximate surface area is 253 Å². The van der Waals surface area contributed by atoms with Gasteiger partial charge < -0.3 is 14.5 Å². The van der Waals surface area contributed by atoms with Gasteiger partial charge in [0, 0.05) is 38.9 Å². The van der Waals surface area contributed by atoms with Crippen LogP contribution in [0.5, 0.6) is 0 Å². The van der Waals surface area contributed by atoms with Crippen molar-refractivity contribution in [2.45, 2.75) is 0 Å². The second-order valence-corrected chi connectivity index (χ2v) is 10.7. The fourth-order valence-electron chi connectivity index (χ4n) is 6.78. The van der Waals surface area contributed by atoms with E-state index < -0.39 is 0 Å². The second-order valence-electron chi connectivity index (χ2n) is 10.7. The molecule has 6 aromatic carbocycles. The maximum atomic E-state index is 11.0. The summed E-state index contributed by atoms with van der Waals surface area (Å²) in [6, 6.07) is 47.2. The predicted molar refractivity (Wildman–Crippen MR) is 178 cm³/mol. The highest BCUT2D eigenvalue weighted by atomic mass is 15.0. The Morgan fingerprint density at radius 2 is 0.818 bits per heavy atom. The maximum absolute atomic E-state index is 11.0. The molecule has 0 fully saturated rings. The van der Waals surface area contributed by atoms with Crippen LogP contribution in [0.1, 0.15) is 16.7 Å². The molecule has 0 saturated heterocycles. The lowest BCUT2D eigenvalue weighted by Crippen LogP contribution is -2.12. The van der Waals surface area contributed by atoms with Gasteiger partial charge in [-0.3, -0.25) is 0 Å². The Morgan fingerprint density at radius 1 is 0.477 bits per heavy atom. The van der Waals surface area contributed by atoms with Gasteiger partial charge in [-0.25, -0.2) is 0 Å². The van der Waals surface area contributed by atoms with E-state index in [1.807, 2.05) is 103 Å². The zero-order valence-electron chi connectivity index (χ0n) is 23.5. The van der Waals surface area contributed by atoms with Gasteiger partial charge in [0.25, 0.3) is 0 Å². The number of benzene rings is 6. The minimum absolute atomic E-state index is 0.349. The number of hydrogen-bond donors (Lipinski definition) is 1. The van der Waals surface area contributed by atoms with Crippen LogP contribution in [0.2, 0.25) is 0 Å². The van der Waals surface area contributed by atoms with Gasteiger partial charge in [-0.2, -0.15) is 10.5 Å². The summed E-state index contributed by atoms with van der Waals surface area (Å²) in [5.74, 6) is 0. The molecule has 44 heavy (non-hydrogen) atoms. The zero-order valence-corrected chi connectivity index (χ0v) is 23.5. The Balaban J connectivity index is 1.68. The zero-order chi connectivity index (χ0) is 29.8. The van der Waals surface area contributed by atoms with Crippen molar-refractivity contribution in [1.29, 1.82) is 15.9 Å². The van der Waals surface area contributed by atoms with Crippen LogP contribution in [0.3, 0.4) is 0 Å². The first-order chi connectivity index (χ1) is 21.8. The number of hydrogen-bond acceptors (Lipinski definition) is 3. The fourth-order valence-corrected chi connectivity index (χ4v) is 6.78. The molecular weight excluding hydrogens is 538 g/mol. The third-order valence-corrected chi connectivity index (χ3v) is 8.52. The lowest BCUT2D eigenvalue weighted by Gasteiger charge is -2.23. The molecule has 0 saturated carbocycles. The van der Waals surface area contributed by atoms with Gasteiger partial charge in [-0.1, -0.05) is 103 Å². The summed E-state index contributed by atoms with van der Waals surface area (Å²) in [6.45, 7) is 0. The molecule has 0 radical (unpaired) electrons. The van der Waals surface area contributed by atoms with Gasteiger partial charge in [0.15, 0.2) is 0 Å². The topological polar surface area (TPSA) is 81.3 Å². The van der Waals surface area contributed by atoms with Crippen LogP contribution < -0.4 is 0 Å². The van der Waals surface area contributed by atoms with Crippen molar-refractivity contribution in [3.63, 3.8) is 0 Å². The van der Waals surface area contributed by atoms with Crippen molar-refractivity contribution in [2.75, 3.05) is 0 Å². The van der Waals surface area contributed by atoms with Gasteiger partial charge in [-0.05, 0) is 29.8 Å². The summed E-state index contributed by atoms with van der Waals surface area (Å²) in [4.78, 5) is 0. The SMILES string of the molecule is N#Cc1c(-c2ccccc2)c(C#N)c(-n2c3ccccc3c3ccccc32)c(C=N)c1-n1c2ccccc2c2ccccc21. The van der Waals surface area contributed by atoms with Crippen molar-refractivity contribution in [1.82, 2.24) is 9.13 Å². The molecule has 0 spiro atoms. The van der Waals surface area contributed by atoms with Crippen LogP contribution >= 0.6 is 0 Å². The molecule has 5 nitrogen and oxygen atoms in total. The fraction of sp³-hybridized carbons (Fsp3) is 0. The van der Waals surface area contributed by atoms with Gasteiger partial charge in [0.2, 0.25) is 0 Å². The average Bonchev–Trinajstić information content (AvgIpc) is 3.60. The van der Waals surface area contributed by atoms with Crippen molar-refractivity contribution in [3.05, 3.63) is 144 Å². The first kappa shape index (κ1) is 25.3. The molecule has 0 unspecified atom stereocenters. The lowest BCUT2D eigenvalue weighted by molar-refractivity contribution is 1.11. The highest BCUT2D eigenvalue weighted by Crippen LogP contribution is 2.44. The van der Waals surface area contributed by atoms with E-state index in [4.69, 9.17) is 5.41 Å². The number of rotatable bonds is 4. The number of fused-ring (bicyclic) bond motifs is 6. The van der Waals surface area contributed by atoms with Crippen LogP contribution in [0.25, 0.3) is 66.1 Å². The molecule has 8 rings (SSSR count). The van der Waals surface area contributed by atoms with Crippen molar-refractivity contribution >= 4 is 49.8 Å². The van der Waals surface area contributed by atoms with Gasteiger partial charge in [0.05, 0.1) is 44.6 Å². The van der Waals surface area contributed by atoms with E-state index in [0.717, 1.165) is 49.2 Å². The Morgan fingerprint density at radius 3 is 1.16 bits per heavy atom. The molecule has 0 aliphatic heterocycles. The Hall–Kier alpha value is -6.43. The van der Waals surface area contributed by atoms with Crippen LogP contribution in [0.4, 0.5) is 0 Å². The second kappa shape index (κ2) is 9.84. The molecular formula is C39H23N5. The van der Waals surface area contributed by atoms with E-state index in [0.29, 0.717) is 33.6 Å². The summed E-state index contributed by atoms with van der Waals surface area (Å²) in [5, 5.41) is 35.0. The average molecular weight is 562 g/mol. The van der Waals surface area contributed by atoms with Crippen LogP contribution in [-0.2, 0) is 0 Å². The van der Waals surface area contributed by atoms with Gasteiger partial charge in [0.1, 0.15) is 12.1 Å². The lowest BCUT2D eigenvalue weighted by atomic mass is 9.89. The number of nitriles is 2. The summed E-state index contributed by atoms with van der Waals surface area (Å²) >= 11 is 0. The Kier molecular flexibility index (Phi) is 5.66. The number of aromatic nitrogens is 2. The van der Waals surface area contributed by atoms with Gasteiger partial charge in [-0.15, -0.1) is 0 Å². The van der Waals surface area contributed by atoms with Crippen molar-refractivity contribution in [3.8, 4) is 34.6 Å². The molecule has 0 aliphatic carbocycles. The number of nitrogens with zero attached hydrogens (tertiary/aromatic N) is 4. The molecule has 2 heterocycles. The summed E-state index contributed by atoms with van der Waals surface area (Å²) < 4.78 is 4.18. The van der Waals surface area contributed by atoms with Crippen LogP contribution in [0.15, 0.2) is 127 Å². The molecule has 2 aromatic heterocycles. The third-order valence-electron chi connectivity index (χ3n) is 8.52. The van der Waals surface area contributed by atoms with Crippen molar-refractivity contribution in [2.24, 2.45) is 0 Å². The van der Waals surface area contributed by atoms with E-state index >= 15 is 0 Å². The standard InChI is InChI=1S/C39H23N5/c40-22-30-37(25-12-2-1-3-13-25)31(23-41)39(44-35-20-10-6-16-28(35)29-17-7-11-21-36(29)44)32(24-42)38(30)43-33-18-8-4-14-26(33)27-15-5-9-19-34(27)43/h1-21,24,42H. The molecule has 0 amide bonds. The first-order valence-corrected chi connectivity index (χ1v) is 14.3. The normalized spacial score (nSPS) is 11.2. The van der Waals surface area contributed by atoms with Crippen molar-refractivity contribution < 1.29 is 0 Å². The van der Waals surface area contributed by atoms with Crippen LogP contribution in [-0.4, -0.2) is 15.3 Å². The van der Waals surface area contributed by atoms with E-state index in [-0.39, 0.29) is 0 Å². The smallest absolute Gasteiger partial charge is 0.102 e. The summed E-state index contributed by atoms with van der Waals surface area (Å²) in [5.41, 5.74) is 7.35. The quantitative estimate of drug-likeness (QED) is 0.217. The highest BCUT2D eigenvalue weighted by Gasteiger charge is 2.29.